The molecule has 1 aromatic heterocycles. The molecule has 0 saturated heterocycles. The van der Waals surface area contributed by atoms with Gasteiger partial charge >= 0.3 is 0 Å². The lowest BCUT2D eigenvalue weighted by Crippen LogP contribution is -2.31. The zero-order valence-electron chi connectivity index (χ0n) is 9.62. The monoisotopic (exact) mass is 272 g/mol. The summed E-state index contributed by atoms with van der Waals surface area (Å²) in [5.41, 5.74) is 5.94. The normalized spacial score (nSPS) is 23.9. The SMILES string of the molecule is N[C@@H]1CCC[C@H]1CC(=O)NCc1ccc(Cl)s1. The predicted molar refractivity (Wildman–Crippen MR) is 71.1 cm³/mol. The largest absolute Gasteiger partial charge is 0.351 e. The quantitative estimate of drug-likeness (QED) is 0.885. The van der Waals surface area contributed by atoms with Gasteiger partial charge in [-0.05, 0) is 30.9 Å². The van der Waals surface area contributed by atoms with Crippen molar-refractivity contribution in [1.82, 2.24) is 5.32 Å². The number of hydrogen-bond donors (Lipinski definition) is 2. The summed E-state index contributed by atoms with van der Waals surface area (Å²) in [6.07, 6.45) is 3.85. The lowest BCUT2D eigenvalue weighted by molar-refractivity contribution is -0.122. The van der Waals surface area contributed by atoms with Gasteiger partial charge in [-0.1, -0.05) is 18.0 Å². The molecular formula is C12H17ClN2OS. The molecule has 1 aliphatic carbocycles. The van der Waals surface area contributed by atoms with Crippen LogP contribution in [0.4, 0.5) is 0 Å². The van der Waals surface area contributed by atoms with Crippen molar-refractivity contribution in [3.63, 3.8) is 0 Å². The molecule has 1 heterocycles. The van der Waals surface area contributed by atoms with E-state index in [4.69, 9.17) is 17.3 Å². The first-order valence-electron chi connectivity index (χ1n) is 5.91. The molecule has 0 bridgehead atoms. The van der Waals surface area contributed by atoms with E-state index in [2.05, 4.69) is 5.32 Å². The van der Waals surface area contributed by atoms with Gasteiger partial charge in [0.25, 0.3) is 0 Å². The maximum atomic E-state index is 11.7. The number of nitrogens with two attached hydrogens (primary N) is 1. The van der Waals surface area contributed by atoms with Gasteiger partial charge in [-0.2, -0.15) is 0 Å². The number of hydrogen-bond acceptors (Lipinski definition) is 3. The molecule has 2 rings (SSSR count). The highest BCUT2D eigenvalue weighted by Crippen LogP contribution is 2.26. The number of nitrogens with one attached hydrogen (secondary N) is 1. The summed E-state index contributed by atoms with van der Waals surface area (Å²) in [6.45, 7) is 0.568. The molecule has 3 nitrogen and oxygen atoms in total. The van der Waals surface area contributed by atoms with Crippen LogP contribution in [0.5, 0.6) is 0 Å². The standard InChI is InChI=1S/C12H17ClN2OS/c13-11-5-4-9(17-11)7-15-12(16)6-8-2-1-3-10(8)14/h4-5,8,10H,1-3,6-7,14H2,(H,15,16)/t8-,10+/m0/s1. The van der Waals surface area contributed by atoms with Gasteiger partial charge in [0.1, 0.15) is 0 Å². The second kappa shape index (κ2) is 5.85. The van der Waals surface area contributed by atoms with Crippen molar-refractivity contribution in [2.45, 2.75) is 38.3 Å². The lowest BCUT2D eigenvalue weighted by Gasteiger charge is -2.14. The first-order chi connectivity index (χ1) is 8.15. The van der Waals surface area contributed by atoms with Crippen LogP contribution in [-0.4, -0.2) is 11.9 Å². The highest BCUT2D eigenvalue weighted by Gasteiger charge is 2.25. The topological polar surface area (TPSA) is 55.1 Å². The minimum Gasteiger partial charge on any atom is -0.351 e. The number of rotatable bonds is 4. The summed E-state index contributed by atoms with van der Waals surface area (Å²) in [7, 11) is 0. The Bertz CT molecular complexity index is 394. The molecule has 17 heavy (non-hydrogen) atoms. The van der Waals surface area contributed by atoms with Gasteiger partial charge in [-0.25, -0.2) is 0 Å². The van der Waals surface area contributed by atoms with Crippen molar-refractivity contribution < 1.29 is 4.79 Å². The maximum absolute atomic E-state index is 11.7. The van der Waals surface area contributed by atoms with Gasteiger partial charge in [0.15, 0.2) is 0 Å². The van der Waals surface area contributed by atoms with E-state index in [1.807, 2.05) is 12.1 Å². The number of carbonyl (C=O) groups is 1. The summed E-state index contributed by atoms with van der Waals surface area (Å²) < 4.78 is 0.757. The molecule has 1 saturated carbocycles. The Morgan fingerprint density at radius 2 is 2.35 bits per heavy atom. The summed E-state index contributed by atoms with van der Waals surface area (Å²) in [5, 5.41) is 2.92. The van der Waals surface area contributed by atoms with E-state index < -0.39 is 0 Å². The van der Waals surface area contributed by atoms with Crippen LogP contribution in [0.15, 0.2) is 12.1 Å². The van der Waals surface area contributed by atoms with Gasteiger partial charge in [0.05, 0.1) is 10.9 Å². The summed E-state index contributed by atoms with van der Waals surface area (Å²) >= 11 is 7.32. The van der Waals surface area contributed by atoms with Crippen LogP contribution in [-0.2, 0) is 11.3 Å². The average molecular weight is 273 g/mol. The van der Waals surface area contributed by atoms with Gasteiger partial charge in [-0.3, -0.25) is 4.79 Å². The fourth-order valence-corrected chi connectivity index (χ4v) is 3.29. The Balaban J connectivity index is 1.74. The minimum absolute atomic E-state index is 0.0943. The van der Waals surface area contributed by atoms with Crippen molar-refractivity contribution in [2.24, 2.45) is 11.7 Å². The molecule has 1 aromatic rings. The summed E-state index contributed by atoms with van der Waals surface area (Å²) in [5.74, 6) is 0.457. The fourth-order valence-electron chi connectivity index (χ4n) is 2.26. The molecule has 1 aliphatic rings. The minimum atomic E-state index is 0.0943. The maximum Gasteiger partial charge on any atom is 0.220 e. The average Bonchev–Trinajstić information content (AvgIpc) is 2.86. The third-order valence-corrected chi connectivity index (χ3v) is 4.49. The van der Waals surface area contributed by atoms with E-state index in [9.17, 15) is 4.79 Å². The van der Waals surface area contributed by atoms with E-state index in [0.29, 0.717) is 18.9 Å². The highest BCUT2D eigenvalue weighted by atomic mass is 35.5. The van der Waals surface area contributed by atoms with E-state index in [1.165, 1.54) is 11.3 Å². The molecule has 0 unspecified atom stereocenters. The van der Waals surface area contributed by atoms with Crippen molar-refractivity contribution >= 4 is 28.8 Å². The lowest BCUT2D eigenvalue weighted by atomic mass is 10.00. The zero-order valence-corrected chi connectivity index (χ0v) is 11.2. The van der Waals surface area contributed by atoms with Crippen LogP contribution < -0.4 is 11.1 Å². The van der Waals surface area contributed by atoms with E-state index in [1.54, 1.807) is 0 Å². The molecule has 3 N–H and O–H groups in total. The predicted octanol–water partition coefficient (Wildman–Crippen LogP) is 2.54. The molecule has 2 atom stereocenters. The van der Waals surface area contributed by atoms with Crippen LogP contribution >= 0.6 is 22.9 Å². The van der Waals surface area contributed by atoms with Crippen molar-refractivity contribution in [3.8, 4) is 0 Å². The Labute approximate surface area is 110 Å². The molecule has 0 radical (unpaired) electrons. The van der Waals surface area contributed by atoms with Crippen molar-refractivity contribution in [3.05, 3.63) is 21.3 Å². The van der Waals surface area contributed by atoms with E-state index in [0.717, 1.165) is 28.5 Å². The molecule has 0 aromatic carbocycles. The van der Waals surface area contributed by atoms with Crippen molar-refractivity contribution in [2.75, 3.05) is 0 Å². The van der Waals surface area contributed by atoms with E-state index >= 15 is 0 Å². The number of halogens is 1. The number of amides is 1. The number of thiophene rings is 1. The second-order valence-electron chi connectivity index (χ2n) is 4.54. The smallest absolute Gasteiger partial charge is 0.220 e. The fraction of sp³-hybridized carbons (Fsp3) is 0.583. The van der Waals surface area contributed by atoms with Crippen LogP contribution in [0.1, 0.15) is 30.6 Å². The Morgan fingerprint density at radius 3 is 2.94 bits per heavy atom. The Hall–Kier alpha value is -0.580. The highest BCUT2D eigenvalue weighted by molar-refractivity contribution is 7.16. The van der Waals surface area contributed by atoms with Gasteiger partial charge in [0.2, 0.25) is 5.91 Å². The van der Waals surface area contributed by atoms with Crippen LogP contribution in [0.25, 0.3) is 0 Å². The molecule has 1 fully saturated rings. The first kappa shape index (κ1) is 12.9. The first-order valence-corrected chi connectivity index (χ1v) is 7.11. The summed E-state index contributed by atoms with van der Waals surface area (Å²) in [6, 6.07) is 3.99. The van der Waals surface area contributed by atoms with Crippen molar-refractivity contribution in [1.29, 1.82) is 0 Å². The summed E-state index contributed by atoms with van der Waals surface area (Å²) in [4.78, 5) is 12.8. The van der Waals surface area contributed by atoms with Gasteiger partial charge in [0, 0.05) is 17.3 Å². The third-order valence-electron chi connectivity index (χ3n) is 3.25. The van der Waals surface area contributed by atoms with Crippen LogP contribution in [0, 0.1) is 5.92 Å². The molecule has 94 valence electrons. The zero-order chi connectivity index (χ0) is 12.3. The Morgan fingerprint density at radius 1 is 1.53 bits per heavy atom. The molecule has 0 spiro atoms. The molecule has 0 aliphatic heterocycles. The van der Waals surface area contributed by atoms with Gasteiger partial charge in [-0.15, -0.1) is 11.3 Å². The second-order valence-corrected chi connectivity index (χ2v) is 6.34. The van der Waals surface area contributed by atoms with E-state index in [-0.39, 0.29) is 11.9 Å². The number of carbonyl (C=O) groups excluding carboxylic acids is 1. The van der Waals surface area contributed by atoms with Crippen LogP contribution in [0.2, 0.25) is 4.34 Å². The van der Waals surface area contributed by atoms with Gasteiger partial charge < -0.3 is 11.1 Å². The Kier molecular flexibility index (Phi) is 4.42. The van der Waals surface area contributed by atoms with Crippen LogP contribution in [0.3, 0.4) is 0 Å². The third kappa shape index (κ3) is 3.69. The molecule has 5 heteroatoms. The molecular weight excluding hydrogens is 256 g/mol. The molecule has 1 amide bonds.